The summed E-state index contributed by atoms with van der Waals surface area (Å²) in [5.41, 5.74) is 5.19. The second-order valence-corrected chi connectivity index (χ2v) is 8.81. The predicted octanol–water partition coefficient (Wildman–Crippen LogP) is 2.30. The van der Waals surface area contributed by atoms with E-state index in [1.54, 1.807) is 0 Å². The summed E-state index contributed by atoms with van der Waals surface area (Å²) in [6, 6.07) is 1.06. The van der Waals surface area contributed by atoms with Gasteiger partial charge >= 0.3 is 5.69 Å². The Balaban J connectivity index is 2.20. The van der Waals surface area contributed by atoms with Gasteiger partial charge in [0.15, 0.2) is 5.00 Å². The number of sulfonamides is 1. The summed E-state index contributed by atoms with van der Waals surface area (Å²) < 4.78 is 26.4. The summed E-state index contributed by atoms with van der Waals surface area (Å²) >= 11 is 0.757. The SMILES string of the molecule is CC(C)C1CCN(S(=O)(=O)c2cc([N+](=O)[O-])c(N)s2)CC1. The van der Waals surface area contributed by atoms with Crippen molar-refractivity contribution in [3.8, 4) is 0 Å². The number of piperidine rings is 1. The van der Waals surface area contributed by atoms with Crippen molar-refractivity contribution >= 4 is 32.0 Å². The summed E-state index contributed by atoms with van der Waals surface area (Å²) in [4.78, 5) is 10.1. The Morgan fingerprint density at radius 2 is 2.00 bits per heavy atom. The Kier molecular flexibility index (Phi) is 4.54. The molecule has 1 fully saturated rings. The lowest BCUT2D eigenvalue weighted by atomic mass is 9.87. The maximum atomic E-state index is 12.5. The topological polar surface area (TPSA) is 107 Å². The van der Waals surface area contributed by atoms with Crippen molar-refractivity contribution in [3.05, 3.63) is 16.2 Å². The third kappa shape index (κ3) is 3.19. The first-order valence-corrected chi connectivity index (χ1v) is 9.03. The number of thiophene rings is 1. The van der Waals surface area contributed by atoms with Gasteiger partial charge in [-0.05, 0) is 24.7 Å². The monoisotopic (exact) mass is 333 g/mol. The molecule has 1 saturated heterocycles. The van der Waals surface area contributed by atoms with Crippen molar-refractivity contribution in [1.29, 1.82) is 0 Å². The number of hydrogen-bond donors (Lipinski definition) is 1. The quantitative estimate of drug-likeness (QED) is 0.672. The van der Waals surface area contributed by atoms with Crippen LogP contribution in [0.25, 0.3) is 0 Å². The zero-order chi connectivity index (χ0) is 15.8. The molecule has 0 bridgehead atoms. The highest BCUT2D eigenvalue weighted by Gasteiger charge is 2.33. The molecule has 0 spiro atoms. The van der Waals surface area contributed by atoms with E-state index in [-0.39, 0.29) is 14.9 Å². The Bertz CT molecular complexity index is 631. The highest BCUT2D eigenvalue weighted by atomic mass is 32.2. The molecule has 2 heterocycles. The fraction of sp³-hybridized carbons (Fsp3) is 0.667. The smallest absolute Gasteiger partial charge is 0.304 e. The number of anilines is 1. The third-order valence-corrected chi connectivity index (χ3v) is 7.25. The van der Waals surface area contributed by atoms with E-state index in [2.05, 4.69) is 13.8 Å². The average Bonchev–Trinajstić information content (AvgIpc) is 2.82. The van der Waals surface area contributed by atoms with E-state index in [4.69, 9.17) is 5.73 Å². The maximum Gasteiger partial charge on any atom is 0.304 e. The van der Waals surface area contributed by atoms with Crippen LogP contribution in [-0.2, 0) is 10.0 Å². The van der Waals surface area contributed by atoms with Gasteiger partial charge in [-0.2, -0.15) is 4.31 Å². The minimum Gasteiger partial charge on any atom is -0.385 e. The van der Waals surface area contributed by atoms with Crippen LogP contribution in [0.5, 0.6) is 0 Å². The van der Waals surface area contributed by atoms with Gasteiger partial charge in [0.25, 0.3) is 10.0 Å². The summed E-state index contributed by atoms with van der Waals surface area (Å²) in [6.45, 7) is 5.18. The Hall–Kier alpha value is -1.19. The normalized spacial score (nSPS) is 18.2. The minimum atomic E-state index is -3.68. The van der Waals surface area contributed by atoms with Crippen LogP contribution in [0.1, 0.15) is 26.7 Å². The average molecular weight is 333 g/mol. The first kappa shape index (κ1) is 16.2. The minimum absolute atomic E-state index is 0.0466. The van der Waals surface area contributed by atoms with Gasteiger partial charge in [-0.25, -0.2) is 8.42 Å². The van der Waals surface area contributed by atoms with Gasteiger partial charge in [0.1, 0.15) is 4.21 Å². The summed E-state index contributed by atoms with van der Waals surface area (Å²) in [5.74, 6) is 1.06. The molecule has 0 amide bonds. The molecule has 1 aliphatic heterocycles. The van der Waals surface area contributed by atoms with Gasteiger partial charge in [-0.15, -0.1) is 0 Å². The van der Waals surface area contributed by atoms with Crippen molar-refractivity contribution in [2.75, 3.05) is 18.8 Å². The third-order valence-electron chi connectivity index (χ3n) is 3.95. The van der Waals surface area contributed by atoms with Crippen molar-refractivity contribution < 1.29 is 13.3 Å². The molecule has 0 saturated carbocycles. The van der Waals surface area contributed by atoms with Gasteiger partial charge < -0.3 is 5.73 Å². The number of nitrogens with two attached hydrogens (primary N) is 1. The second-order valence-electron chi connectivity index (χ2n) is 5.56. The molecule has 118 valence electrons. The van der Waals surface area contributed by atoms with Crippen LogP contribution >= 0.6 is 11.3 Å². The Labute approximate surface area is 127 Å². The first-order chi connectivity index (χ1) is 9.73. The molecule has 7 nitrogen and oxygen atoms in total. The van der Waals surface area contributed by atoms with Crippen molar-refractivity contribution in [1.82, 2.24) is 4.31 Å². The van der Waals surface area contributed by atoms with Crippen LogP contribution in [0, 0.1) is 22.0 Å². The molecular formula is C12H19N3O4S2. The molecule has 21 heavy (non-hydrogen) atoms. The van der Waals surface area contributed by atoms with E-state index in [1.807, 2.05) is 0 Å². The Morgan fingerprint density at radius 1 is 1.43 bits per heavy atom. The lowest BCUT2D eigenvalue weighted by Gasteiger charge is -2.32. The van der Waals surface area contributed by atoms with Crippen molar-refractivity contribution in [2.24, 2.45) is 11.8 Å². The molecule has 0 unspecified atom stereocenters. The lowest BCUT2D eigenvalue weighted by molar-refractivity contribution is -0.383. The molecule has 1 aromatic heterocycles. The van der Waals surface area contributed by atoms with Gasteiger partial charge in [0, 0.05) is 19.2 Å². The number of nitro groups is 1. The molecule has 0 aromatic carbocycles. The van der Waals surface area contributed by atoms with Crippen LogP contribution in [0.3, 0.4) is 0 Å². The summed E-state index contributed by atoms with van der Waals surface area (Å²) in [5, 5.41) is 10.7. The molecule has 2 N–H and O–H groups in total. The standard InChI is InChI=1S/C12H19N3O4S2/c1-8(2)9-3-5-14(6-4-9)21(18,19)11-7-10(15(16)17)12(13)20-11/h7-9H,3-6,13H2,1-2H3. The highest BCUT2D eigenvalue weighted by molar-refractivity contribution is 7.91. The van der Waals surface area contributed by atoms with E-state index in [0.29, 0.717) is 24.9 Å². The van der Waals surface area contributed by atoms with Crippen LogP contribution in [-0.4, -0.2) is 30.7 Å². The lowest BCUT2D eigenvalue weighted by Crippen LogP contribution is -2.39. The van der Waals surface area contributed by atoms with Gasteiger partial charge in [-0.1, -0.05) is 25.2 Å². The highest BCUT2D eigenvalue weighted by Crippen LogP contribution is 2.37. The van der Waals surface area contributed by atoms with Crippen LogP contribution in [0.4, 0.5) is 10.7 Å². The fourth-order valence-electron chi connectivity index (χ4n) is 2.55. The van der Waals surface area contributed by atoms with E-state index in [1.165, 1.54) is 4.31 Å². The molecule has 1 aromatic rings. The molecule has 2 rings (SSSR count). The maximum absolute atomic E-state index is 12.5. The van der Waals surface area contributed by atoms with Crippen LogP contribution < -0.4 is 5.73 Å². The van der Waals surface area contributed by atoms with Gasteiger partial charge in [-0.3, -0.25) is 10.1 Å². The molecule has 0 aliphatic carbocycles. The second kappa shape index (κ2) is 5.90. The molecule has 1 aliphatic rings. The number of nitrogens with zero attached hydrogens (tertiary/aromatic N) is 2. The number of hydrogen-bond acceptors (Lipinski definition) is 6. The Morgan fingerprint density at radius 3 is 2.43 bits per heavy atom. The predicted molar refractivity (Wildman–Crippen MR) is 81.7 cm³/mol. The zero-order valence-corrected chi connectivity index (χ0v) is 13.6. The summed E-state index contributed by atoms with van der Waals surface area (Å²) in [6.07, 6.45) is 1.64. The van der Waals surface area contributed by atoms with Gasteiger partial charge in [0.05, 0.1) is 4.92 Å². The summed E-state index contributed by atoms with van der Waals surface area (Å²) in [7, 11) is -3.68. The van der Waals surface area contributed by atoms with Crippen molar-refractivity contribution in [3.63, 3.8) is 0 Å². The van der Waals surface area contributed by atoms with E-state index < -0.39 is 14.9 Å². The number of nitrogen functional groups attached to an aromatic ring is 1. The van der Waals surface area contributed by atoms with Crippen LogP contribution in [0.2, 0.25) is 0 Å². The number of rotatable bonds is 4. The van der Waals surface area contributed by atoms with E-state index >= 15 is 0 Å². The van der Waals surface area contributed by atoms with Crippen molar-refractivity contribution in [2.45, 2.75) is 30.9 Å². The first-order valence-electron chi connectivity index (χ1n) is 6.77. The molecule has 9 heteroatoms. The largest absolute Gasteiger partial charge is 0.385 e. The van der Waals surface area contributed by atoms with E-state index in [0.717, 1.165) is 30.2 Å². The fourth-order valence-corrected chi connectivity index (χ4v) is 5.39. The molecule has 0 radical (unpaired) electrons. The van der Waals surface area contributed by atoms with E-state index in [9.17, 15) is 18.5 Å². The van der Waals surface area contributed by atoms with Crippen LogP contribution in [0.15, 0.2) is 10.3 Å². The zero-order valence-electron chi connectivity index (χ0n) is 12.0. The van der Waals surface area contributed by atoms with Gasteiger partial charge in [0.2, 0.25) is 0 Å². The molecular weight excluding hydrogens is 314 g/mol. The molecule has 0 atom stereocenters.